The van der Waals surface area contributed by atoms with Gasteiger partial charge in [0, 0.05) is 13.1 Å². The highest BCUT2D eigenvalue weighted by atomic mass is 32.1. The van der Waals surface area contributed by atoms with Crippen LogP contribution in [0.1, 0.15) is 0 Å². The quantitative estimate of drug-likeness (QED) is 0.765. The van der Waals surface area contributed by atoms with Gasteiger partial charge in [0.2, 0.25) is 0 Å². The molecule has 5 heteroatoms. The fourth-order valence-corrected chi connectivity index (χ4v) is 2.89. The molecule has 3 rings (SSSR count). The van der Waals surface area contributed by atoms with Gasteiger partial charge >= 0.3 is 0 Å². The van der Waals surface area contributed by atoms with Gasteiger partial charge < -0.3 is 15.4 Å². The molecule has 1 aliphatic rings. The second-order valence-electron chi connectivity index (χ2n) is 3.79. The van der Waals surface area contributed by atoms with E-state index in [9.17, 15) is 0 Å². The molecule has 1 saturated heterocycles. The van der Waals surface area contributed by atoms with E-state index in [4.69, 9.17) is 10.5 Å². The molecule has 16 heavy (non-hydrogen) atoms. The number of aromatic nitrogens is 1. The maximum atomic E-state index is 5.93. The number of nitrogens with two attached hydrogens (primary N) is 1. The Morgan fingerprint density at radius 2 is 2.12 bits per heavy atom. The number of benzene rings is 1. The molecule has 0 unspecified atom stereocenters. The van der Waals surface area contributed by atoms with E-state index in [1.807, 2.05) is 18.2 Å². The zero-order chi connectivity index (χ0) is 11.0. The third kappa shape index (κ3) is 1.62. The van der Waals surface area contributed by atoms with Crippen molar-refractivity contribution in [3.63, 3.8) is 0 Å². The summed E-state index contributed by atoms with van der Waals surface area (Å²) >= 11 is 1.66. The SMILES string of the molecule is Nc1cccc2nc(N3CCOCC3)sc12. The smallest absolute Gasteiger partial charge is 0.186 e. The van der Waals surface area contributed by atoms with Gasteiger partial charge in [-0.1, -0.05) is 17.4 Å². The van der Waals surface area contributed by atoms with Crippen LogP contribution in [0, 0.1) is 0 Å². The lowest BCUT2D eigenvalue weighted by molar-refractivity contribution is 0.122. The molecule has 2 N–H and O–H groups in total. The minimum atomic E-state index is 0.783. The van der Waals surface area contributed by atoms with Crippen LogP contribution in [-0.2, 0) is 4.74 Å². The summed E-state index contributed by atoms with van der Waals surface area (Å²) in [6.07, 6.45) is 0. The van der Waals surface area contributed by atoms with Crippen molar-refractivity contribution in [2.45, 2.75) is 0 Å². The number of morpholine rings is 1. The molecule has 1 aliphatic heterocycles. The van der Waals surface area contributed by atoms with Crippen LogP contribution in [0.3, 0.4) is 0 Å². The number of nitrogen functional groups attached to an aromatic ring is 1. The number of ether oxygens (including phenoxy) is 1. The van der Waals surface area contributed by atoms with E-state index >= 15 is 0 Å². The van der Waals surface area contributed by atoms with Gasteiger partial charge in [-0.05, 0) is 12.1 Å². The first kappa shape index (κ1) is 9.86. The summed E-state index contributed by atoms with van der Waals surface area (Å²) in [4.78, 5) is 6.86. The van der Waals surface area contributed by atoms with E-state index in [0.29, 0.717) is 0 Å². The van der Waals surface area contributed by atoms with Crippen LogP contribution in [-0.4, -0.2) is 31.3 Å². The molecule has 0 spiro atoms. The van der Waals surface area contributed by atoms with E-state index in [1.165, 1.54) is 0 Å². The van der Waals surface area contributed by atoms with Crippen molar-refractivity contribution in [1.29, 1.82) is 0 Å². The van der Waals surface area contributed by atoms with E-state index in [-0.39, 0.29) is 0 Å². The minimum absolute atomic E-state index is 0.783. The molecule has 0 aliphatic carbocycles. The summed E-state index contributed by atoms with van der Waals surface area (Å²) in [5.41, 5.74) is 7.73. The Balaban J connectivity index is 2.01. The summed E-state index contributed by atoms with van der Waals surface area (Å²) < 4.78 is 6.42. The Labute approximate surface area is 97.6 Å². The molecule has 2 aromatic rings. The van der Waals surface area contributed by atoms with Crippen LogP contribution >= 0.6 is 11.3 Å². The van der Waals surface area contributed by atoms with Gasteiger partial charge in [0.1, 0.15) is 0 Å². The first-order valence-corrected chi connectivity index (χ1v) is 6.14. The molecule has 0 bridgehead atoms. The van der Waals surface area contributed by atoms with Crippen molar-refractivity contribution in [2.75, 3.05) is 36.9 Å². The molecular weight excluding hydrogens is 222 g/mol. The number of anilines is 2. The van der Waals surface area contributed by atoms with E-state index in [1.54, 1.807) is 11.3 Å². The van der Waals surface area contributed by atoms with Gasteiger partial charge in [0.05, 0.1) is 29.1 Å². The number of hydrogen-bond acceptors (Lipinski definition) is 5. The molecule has 4 nitrogen and oxygen atoms in total. The molecular formula is C11H13N3OS. The normalized spacial score (nSPS) is 16.9. The van der Waals surface area contributed by atoms with Gasteiger partial charge in [-0.25, -0.2) is 4.98 Å². The molecule has 84 valence electrons. The maximum Gasteiger partial charge on any atom is 0.186 e. The van der Waals surface area contributed by atoms with Crippen LogP contribution < -0.4 is 10.6 Å². The van der Waals surface area contributed by atoms with E-state index in [2.05, 4.69) is 9.88 Å². The first-order valence-electron chi connectivity index (χ1n) is 5.32. The van der Waals surface area contributed by atoms with Gasteiger partial charge in [0.25, 0.3) is 0 Å². The van der Waals surface area contributed by atoms with Crippen molar-refractivity contribution in [3.05, 3.63) is 18.2 Å². The lowest BCUT2D eigenvalue weighted by atomic mass is 10.3. The Morgan fingerprint density at radius 3 is 2.88 bits per heavy atom. The summed E-state index contributed by atoms with van der Waals surface area (Å²) in [6.45, 7) is 3.40. The Kier molecular flexibility index (Phi) is 2.41. The number of nitrogens with zero attached hydrogens (tertiary/aromatic N) is 2. The summed E-state index contributed by atoms with van der Waals surface area (Å²) in [7, 11) is 0. The topological polar surface area (TPSA) is 51.4 Å². The van der Waals surface area contributed by atoms with Crippen molar-refractivity contribution < 1.29 is 4.74 Å². The average Bonchev–Trinajstić information content (AvgIpc) is 2.76. The lowest BCUT2D eigenvalue weighted by Gasteiger charge is -2.25. The lowest BCUT2D eigenvalue weighted by Crippen LogP contribution is -2.36. The Bertz CT molecular complexity index is 505. The van der Waals surface area contributed by atoms with Crippen molar-refractivity contribution >= 4 is 32.4 Å². The number of thiazole rings is 1. The Morgan fingerprint density at radius 1 is 1.31 bits per heavy atom. The van der Waals surface area contributed by atoms with Crippen LogP contribution in [0.2, 0.25) is 0 Å². The summed E-state index contributed by atoms with van der Waals surface area (Å²) in [5, 5.41) is 1.05. The maximum absolute atomic E-state index is 5.93. The number of rotatable bonds is 1. The van der Waals surface area contributed by atoms with Gasteiger partial charge in [-0.3, -0.25) is 0 Å². The zero-order valence-electron chi connectivity index (χ0n) is 8.85. The standard InChI is InChI=1S/C11H13N3OS/c12-8-2-1-3-9-10(8)16-11(13-9)14-4-6-15-7-5-14/h1-3H,4-7,12H2. The highest BCUT2D eigenvalue weighted by Crippen LogP contribution is 2.32. The highest BCUT2D eigenvalue weighted by molar-refractivity contribution is 7.22. The minimum Gasteiger partial charge on any atom is -0.398 e. The molecule has 0 amide bonds. The first-order chi connectivity index (χ1) is 7.84. The summed E-state index contributed by atoms with van der Waals surface area (Å²) in [6, 6.07) is 5.87. The molecule has 1 aromatic carbocycles. The van der Waals surface area contributed by atoms with Crippen LogP contribution in [0.25, 0.3) is 10.2 Å². The molecule has 0 saturated carbocycles. The Hall–Kier alpha value is -1.33. The molecule has 1 fully saturated rings. The highest BCUT2D eigenvalue weighted by Gasteiger charge is 2.15. The predicted octanol–water partition coefficient (Wildman–Crippen LogP) is 1.72. The zero-order valence-corrected chi connectivity index (χ0v) is 9.67. The van der Waals surface area contributed by atoms with Crippen LogP contribution in [0.4, 0.5) is 10.8 Å². The van der Waals surface area contributed by atoms with Crippen LogP contribution in [0.5, 0.6) is 0 Å². The van der Waals surface area contributed by atoms with Gasteiger partial charge in [-0.2, -0.15) is 0 Å². The third-order valence-electron chi connectivity index (χ3n) is 2.72. The summed E-state index contributed by atoms with van der Waals surface area (Å²) in [5.74, 6) is 0. The fourth-order valence-electron chi connectivity index (χ4n) is 1.85. The monoisotopic (exact) mass is 235 g/mol. The average molecular weight is 235 g/mol. The molecule has 0 radical (unpaired) electrons. The van der Waals surface area contributed by atoms with Gasteiger partial charge in [0.15, 0.2) is 5.13 Å². The molecule has 0 atom stereocenters. The van der Waals surface area contributed by atoms with Gasteiger partial charge in [-0.15, -0.1) is 0 Å². The molecule has 1 aromatic heterocycles. The predicted molar refractivity (Wildman–Crippen MR) is 67.1 cm³/mol. The van der Waals surface area contributed by atoms with Crippen molar-refractivity contribution in [3.8, 4) is 0 Å². The largest absolute Gasteiger partial charge is 0.398 e. The fraction of sp³-hybridized carbons (Fsp3) is 0.364. The van der Waals surface area contributed by atoms with Crippen LogP contribution in [0.15, 0.2) is 18.2 Å². The van der Waals surface area contributed by atoms with E-state index < -0.39 is 0 Å². The number of hydrogen-bond donors (Lipinski definition) is 1. The van der Waals surface area contributed by atoms with E-state index in [0.717, 1.165) is 47.3 Å². The second kappa shape index (κ2) is 3.92. The number of fused-ring (bicyclic) bond motifs is 1. The van der Waals surface area contributed by atoms with Crippen molar-refractivity contribution in [2.24, 2.45) is 0 Å². The third-order valence-corrected chi connectivity index (χ3v) is 3.90. The van der Waals surface area contributed by atoms with Crippen molar-refractivity contribution in [1.82, 2.24) is 4.98 Å². The second-order valence-corrected chi connectivity index (χ2v) is 4.77. The molecule has 2 heterocycles.